The van der Waals surface area contributed by atoms with E-state index in [2.05, 4.69) is 13.8 Å². The van der Waals surface area contributed by atoms with Crippen LogP contribution >= 0.6 is 0 Å². The van der Waals surface area contributed by atoms with E-state index in [1.165, 1.54) is 12.1 Å². The molecule has 0 saturated heterocycles. The second-order valence-electron chi connectivity index (χ2n) is 4.57. The molecule has 0 heterocycles. The molecule has 1 rings (SSSR count). The van der Waals surface area contributed by atoms with E-state index in [1.807, 2.05) is 0 Å². The average Bonchev–Trinajstić information content (AvgIpc) is 2.14. The Morgan fingerprint density at radius 3 is 2.25 bits per heavy atom. The predicted octanol–water partition coefficient (Wildman–Crippen LogP) is 4.60. The maximum atomic E-state index is 12.4. The smallest absolute Gasteiger partial charge is 0.166 e. The summed E-state index contributed by atoms with van der Waals surface area (Å²) in [6.45, 7) is 5.96. The zero-order valence-corrected chi connectivity index (χ0v) is 9.86. The van der Waals surface area contributed by atoms with Crippen LogP contribution in [0.3, 0.4) is 0 Å². The molecule has 16 heavy (non-hydrogen) atoms. The maximum Gasteiger partial charge on any atom is 0.416 e. The summed E-state index contributed by atoms with van der Waals surface area (Å²) < 4.78 is 37.2. The molecule has 0 aliphatic rings. The van der Waals surface area contributed by atoms with E-state index in [9.17, 15) is 13.2 Å². The third-order valence-electron chi connectivity index (χ3n) is 2.66. The second kappa shape index (κ2) is 4.89. The molecule has 0 amide bonds. The summed E-state index contributed by atoms with van der Waals surface area (Å²) in [5.74, 6) is 0.571. The molecule has 0 aromatic heterocycles. The predicted molar refractivity (Wildman–Crippen MR) is 59.3 cm³/mol. The summed E-state index contributed by atoms with van der Waals surface area (Å²) >= 11 is 0. The van der Waals surface area contributed by atoms with Crippen LogP contribution in [0.2, 0.25) is 0 Å². The summed E-state index contributed by atoms with van der Waals surface area (Å²) in [5, 5.41) is 0. The molecular weight excluding hydrogens is 213 g/mol. The lowest BCUT2D eigenvalue weighted by Gasteiger charge is -2.11. The molecule has 0 unspecified atom stereocenters. The Morgan fingerprint density at radius 1 is 1.19 bits per heavy atom. The van der Waals surface area contributed by atoms with Gasteiger partial charge in [0, 0.05) is 0 Å². The van der Waals surface area contributed by atoms with Crippen molar-refractivity contribution in [2.24, 2.45) is 5.92 Å². The fourth-order valence-electron chi connectivity index (χ4n) is 1.60. The van der Waals surface area contributed by atoms with Crippen LogP contribution in [0, 0.1) is 12.8 Å². The first-order chi connectivity index (χ1) is 7.30. The topological polar surface area (TPSA) is 0 Å². The first-order valence-electron chi connectivity index (χ1n) is 5.47. The van der Waals surface area contributed by atoms with Crippen LogP contribution in [0.1, 0.15) is 37.0 Å². The summed E-state index contributed by atoms with van der Waals surface area (Å²) in [4.78, 5) is 0. The highest BCUT2D eigenvalue weighted by Gasteiger charge is 2.30. The molecular formula is C13H17F3. The van der Waals surface area contributed by atoms with Gasteiger partial charge in [0.25, 0.3) is 0 Å². The van der Waals surface area contributed by atoms with Crippen LogP contribution in [0.4, 0.5) is 13.2 Å². The minimum absolute atomic E-state index is 0.557. The maximum absolute atomic E-state index is 12.4. The Balaban J connectivity index is 2.84. The highest BCUT2D eigenvalue weighted by molar-refractivity contribution is 5.32. The lowest BCUT2D eigenvalue weighted by Crippen LogP contribution is -2.06. The quantitative estimate of drug-likeness (QED) is 0.711. The van der Waals surface area contributed by atoms with Crippen molar-refractivity contribution in [1.82, 2.24) is 0 Å². The number of aryl methyl sites for hydroxylation is 2. The number of hydrogen-bond donors (Lipinski definition) is 0. The van der Waals surface area contributed by atoms with Crippen molar-refractivity contribution in [3.63, 3.8) is 0 Å². The van der Waals surface area contributed by atoms with E-state index in [-0.39, 0.29) is 0 Å². The van der Waals surface area contributed by atoms with Crippen molar-refractivity contribution >= 4 is 0 Å². The Morgan fingerprint density at radius 2 is 1.81 bits per heavy atom. The summed E-state index contributed by atoms with van der Waals surface area (Å²) in [6.07, 6.45) is -2.38. The molecule has 1 aromatic rings. The molecule has 0 atom stereocenters. The Labute approximate surface area is 94.5 Å². The number of rotatable bonds is 3. The first kappa shape index (κ1) is 13.1. The highest BCUT2D eigenvalue weighted by Crippen LogP contribution is 2.30. The lowest BCUT2D eigenvalue weighted by molar-refractivity contribution is -0.137. The van der Waals surface area contributed by atoms with Gasteiger partial charge in [0.1, 0.15) is 0 Å². The van der Waals surface area contributed by atoms with E-state index in [0.29, 0.717) is 5.92 Å². The Kier molecular flexibility index (Phi) is 4.00. The van der Waals surface area contributed by atoms with Gasteiger partial charge < -0.3 is 0 Å². The monoisotopic (exact) mass is 230 g/mol. The molecule has 0 spiro atoms. The summed E-state index contributed by atoms with van der Waals surface area (Å²) in [7, 11) is 0. The highest BCUT2D eigenvalue weighted by atomic mass is 19.4. The van der Waals surface area contributed by atoms with Crippen molar-refractivity contribution < 1.29 is 13.2 Å². The Hall–Kier alpha value is -0.990. The fraction of sp³-hybridized carbons (Fsp3) is 0.538. The zero-order valence-electron chi connectivity index (χ0n) is 9.86. The third kappa shape index (κ3) is 3.54. The van der Waals surface area contributed by atoms with Gasteiger partial charge in [0.05, 0.1) is 5.56 Å². The molecule has 0 nitrogen and oxygen atoms in total. The van der Waals surface area contributed by atoms with Crippen molar-refractivity contribution in [3.8, 4) is 0 Å². The molecule has 0 aliphatic heterocycles. The van der Waals surface area contributed by atoms with E-state index in [1.54, 1.807) is 13.0 Å². The van der Waals surface area contributed by atoms with Gasteiger partial charge in [-0.2, -0.15) is 13.2 Å². The second-order valence-corrected chi connectivity index (χ2v) is 4.57. The molecule has 90 valence electrons. The molecule has 0 fully saturated rings. The number of alkyl halides is 3. The summed E-state index contributed by atoms with van der Waals surface area (Å²) in [6, 6.07) is 4.00. The minimum Gasteiger partial charge on any atom is -0.166 e. The standard InChI is InChI=1S/C13H17F3/c1-9(2)4-5-11-6-7-12(8-10(11)3)13(14,15)16/h6-9H,4-5H2,1-3H3. The number of benzene rings is 1. The average molecular weight is 230 g/mol. The number of hydrogen-bond acceptors (Lipinski definition) is 0. The third-order valence-corrected chi connectivity index (χ3v) is 2.66. The normalized spacial score (nSPS) is 12.2. The van der Waals surface area contributed by atoms with Crippen molar-refractivity contribution in [1.29, 1.82) is 0 Å². The van der Waals surface area contributed by atoms with E-state index in [4.69, 9.17) is 0 Å². The van der Waals surface area contributed by atoms with Gasteiger partial charge in [-0.05, 0) is 48.9 Å². The fourth-order valence-corrected chi connectivity index (χ4v) is 1.60. The first-order valence-corrected chi connectivity index (χ1v) is 5.47. The lowest BCUT2D eigenvalue weighted by atomic mass is 9.97. The molecule has 0 bridgehead atoms. The van der Waals surface area contributed by atoms with Gasteiger partial charge in [-0.3, -0.25) is 0 Å². The van der Waals surface area contributed by atoms with Crippen LogP contribution in [0.25, 0.3) is 0 Å². The van der Waals surface area contributed by atoms with Gasteiger partial charge in [0.15, 0.2) is 0 Å². The van der Waals surface area contributed by atoms with E-state index in [0.717, 1.165) is 24.0 Å². The molecule has 1 aromatic carbocycles. The van der Waals surface area contributed by atoms with Gasteiger partial charge in [0.2, 0.25) is 0 Å². The van der Waals surface area contributed by atoms with Crippen LogP contribution in [-0.2, 0) is 12.6 Å². The molecule has 0 saturated carbocycles. The molecule has 0 N–H and O–H groups in total. The van der Waals surface area contributed by atoms with Crippen LogP contribution in [0.5, 0.6) is 0 Å². The Bertz CT molecular complexity index is 351. The van der Waals surface area contributed by atoms with E-state index >= 15 is 0 Å². The van der Waals surface area contributed by atoms with Gasteiger partial charge in [-0.25, -0.2) is 0 Å². The SMILES string of the molecule is Cc1cc(C(F)(F)F)ccc1CCC(C)C. The van der Waals surface area contributed by atoms with Gasteiger partial charge in [-0.1, -0.05) is 19.9 Å². The van der Waals surface area contributed by atoms with Crippen LogP contribution in [-0.4, -0.2) is 0 Å². The van der Waals surface area contributed by atoms with Crippen LogP contribution < -0.4 is 0 Å². The molecule has 3 heteroatoms. The van der Waals surface area contributed by atoms with Crippen molar-refractivity contribution in [2.75, 3.05) is 0 Å². The summed E-state index contributed by atoms with van der Waals surface area (Å²) in [5.41, 5.74) is 1.19. The van der Waals surface area contributed by atoms with Crippen LogP contribution in [0.15, 0.2) is 18.2 Å². The molecule has 0 radical (unpaired) electrons. The molecule has 0 aliphatic carbocycles. The zero-order chi connectivity index (χ0) is 12.3. The van der Waals surface area contributed by atoms with Gasteiger partial charge >= 0.3 is 6.18 Å². The minimum atomic E-state index is -4.23. The van der Waals surface area contributed by atoms with Gasteiger partial charge in [-0.15, -0.1) is 0 Å². The largest absolute Gasteiger partial charge is 0.416 e. The van der Waals surface area contributed by atoms with E-state index < -0.39 is 11.7 Å². The number of halogens is 3. The van der Waals surface area contributed by atoms with Crippen molar-refractivity contribution in [2.45, 2.75) is 39.8 Å². The van der Waals surface area contributed by atoms with Crippen molar-refractivity contribution in [3.05, 3.63) is 34.9 Å².